The highest BCUT2D eigenvalue weighted by Gasteiger charge is 2.31. The molecule has 0 spiro atoms. The summed E-state index contributed by atoms with van der Waals surface area (Å²) in [5.41, 5.74) is 2.03. The Morgan fingerprint density at radius 3 is 2.46 bits per heavy atom. The molecule has 2 aromatic rings. The Hall–Kier alpha value is -2.11. The van der Waals surface area contributed by atoms with Crippen molar-refractivity contribution in [1.82, 2.24) is 4.90 Å². The first-order chi connectivity index (χ1) is 12.5. The summed E-state index contributed by atoms with van der Waals surface area (Å²) >= 11 is 6.75. The number of thiocarbonyl (C=S) groups is 1. The molecule has 1 aliphatic rings. The summed E-state index contributed by atoms with van der Waals surface area (Å²) in [6.45, 7) is 5.43. The van der Waals surface area contributed by atoms with E-state index in [1.54, 1.807) is 4.90 Å². The Morgan fingerprint density at radius 2 is 1.81 bits per heavy atom. The summed E-state index contributed by atoms with van der Waals surface area (Å²) in [6.07, 6.45) is 1.89. The summed E-state index contributed by atoms with van der Waals surface area (Å²) in [4.78, 5) is 15.0. The van der Waals surface area contributed by atoms with Crippen LogP contribution in [0.4, 0.5) is 0 Å². The Labute approximate surface area is 164 Å². The third kappa shape index (κ3) is 4.74. The minimum atomic E-state index is -0.0380. The molecule has 5 heteroatoms. The van der Waals surface area contributed by atoms with Crippen LogP contribution in [0.5, 0.6) is 5.75 Å². The Balaban J connectivity index is 1.69. The quantitative estimate of drug-likeness (QED) is 0.511. The third-order valence-corrected chi connectivity index (χ3v) is 5.20. The number of carbonyl (C=O) groups is 1. The molecular formula is C21H21NO2S2. The van der Waals surface area contributed by atoms with Crippen molar-refractivity contribution in [2.75, 3.05) is 6.61 Å². The van der Waals surface area contributed by atoms with Gasteiger partial charge in [-0.15, -0.1) is 0 Å². The van der Waals surface area contributed by atoms with Crippen molar-refractivity contribution in [1.29, 1.82) is 0 Å². The van der Waals surface area contributed by atoms with E-state index in [-0.39, 0.29) is 5.91 Å². The monoisotopic (exact) mass is 383 g/mol. The van der Waals surface area contributed by atoms with Gasteiger partial charge in [0.15, 0.2) is 0 Å². The van der Waals surface area contributed by atoms with E-state index < -0.39 is 0 Å². The minimum Gasteiger partial charge on any atom is -0.493 e. The summed E-state index contributed by atoms with van der Waals surface area (Å²) in [7, 11) is 0. The zero-order chi connectivity index (χ0) is 18.5. The lowest BCUT2D eigenvalue weighted by atomic mass is 10.2. The van der Waals surface area contributed by atoms with Crippen molar-refractivity contribution in [3.05, 3.63) is 70.6 Å². The number of ether oxygens (including phenoxy) is 1. The molecule has 1 aliphatic heterocycles. The number of rotatable bonds is 6. The molecule has 1 heterocycles. The van der Waals surface area contributed by atoms with Gasteiger partial charge in [0.1, 0.15) is 10.1 Å². The number of amides is 1. The molecule has 0 atom stereocenters. The van der Waals surface area contributed by atoms with Gasteiger partial charge in [-0.2, -0.15) is 0 Å². The number of benzene rings is 2. The first-order valence-corrected chi connectivity index (χ1v) is 9.77. The molecule has 1 amide bonds. The Morgan fingerprint density at radius 1 is 1.12 bits per heavy atom. The lowest BCUT2D eigenvalue weighted by molar-refractivity contribution is -0.122. The van der Waals surface area contributed by atoms with Crippen molar-refractivity contribution in [2.24, 2.45) is 5.92 Å². The maximum absolute atomic E-state index is 12.7. The van der Waals surface area contributed by atoms with Crippen LogP contribution in [0.1, 0.15) is 25.0 Å². The van der Waals surface area contributed by atoms with Crippen LogP contribution in [0.25, 0.3) is 6.08 Å². The van der Waals surface area contributed by atoms with Crippen molar-refractivity contribution in [2.45, 2.75) is 20.4 Å². The molecule has 1 fully saturated rings. The molecule has 0 saturated carbocycles. The fourth-order valence-corrected chi connectivity index (χ4v) is 3.73. The van der Waals surface area contributed by atoms with Crippen LogP contribution < -0.4 is 4.74 Å². The molecule has 1 saturated heterocycles. The van der Waals surface area contributed by atoms with Gasteiger partial charge in [0.2, 0.25) is 0 Å². The van der Waals surface area contributed by atoms with Gasteiger partial charge in [-0.3, -0.25) is 9.69 Å². The van der Waals surface area contributed by atoms with Gasteiger partial charge in [0.05, 0.1) is 18.1 Å². The highest BCUT2D eigenvalue weighted by molar-refractivity contribution is 8.26. The van der Waals surface area contributed by atoms with Gasteiger partial charge in [-0.1, -0.05) is 80.3 Å². The SMILES string of the molecule is CC(C)COc1ccc(/C=C2/SC(=S)N(Cc3ccccc3)C2=O)cc1. The normalized spacial score (nSPS) is 16.0. The number of nitrogens with zero attached hydrogens (tertiary/aromatic N) is 1. The van der Waals surface area contributed by atoms with Gasteiger partial charge in [-0.05, 0) is 35.3 Å². The van der Waals surface area contributed by atoms with Crippen LogP contribution >= 0.6 is 24.0 Å². The largest absolute Gasteiger partial charge is 0.493 e. The lowest BCUT2D eigenvalue weighted by Crippen LogP contribution is -2.27. The van der Waals surface area contributed by atoms with Crippen molar-refractivity contribution in [3.63, 3.8) is 0 Å². The molecule has 0 bridgehead atoms. The van der Waals surface area contributed by atoms with Crippen molar-refractivity contribution in [3.8, 4) is 5.75 Å². The van der Waals surface area contributed by atoms with Gasteiger partial charge in [0, 0.05) is 0 Å². The predicted octanol–water partition coefficient (Wildman–Crippen LogP) is 5.12. The van der Waals surface area contributed by atoms with E-state index in [1.807, 2.05) is 60.7 Å². The van der Waals surface area contributed by atoms with Crippen molar-refractivity contribution < 1.29 is 9.53 Å². The number of thioether (sulfide) groups is 1. The topological polar surface area (TPSA) is 29.5 Å². The number of hydrogen-bond acceptors (Lipinski definition) is 4. The fourth-order valence-electron chi connectivity index (χ4n) is 2.48. The van der Waals surface area contributed by atoms with E-state index in [4.69, 9.17) is 17.0 Å². The van der Waals surface area contributed by atoms with E-state index in [1.165, 1.54) is 11.8 Å². The minimum absolute atomic E-state index is 0.0380. The van der Waals surface area contributed by atoms with Crippen LogP contribution in [-0.2, 0) is 11.3 Å². The molecule has 134 valence electrons. The molecular weight excluding hydrogens is 362 g/mol. The van der Waals surface area contributed by atoms with E-state index in [0.717, 1.165) is 16.9 Å². The maximum atomic E-state index is 12.7. The smallest absolute Gasteiger partial charge is 0.266 e. The molecule has 2 aromatic carbocycles. The van der Waals surface area contributed by atoms with E-state index in [9.17, 15) is 4.79 Å². The summed E-state index contributed by atoms with van der Waals surface area (Å²) < 4.78 is 6.29. The molecule has 0 radical (unpaired) electrons. The fraction of sp³-hybridized carbons (Fsp3) is 0.238. The highest BCUT2D eigenvalue weighted by atomic mass is 32.2. The van der Waals surface area contributed by atoms with Crippen LogP contribution in [0.3, 0.4) is 0 Å². The standard InChI is InChI=1S/C21H21NO2S2/c1-15(2)14-24-18-10-8-16(9-11-18)12-19-20(23)22(21(25)26-19)13-17-6-4-3-5-7-17/h3-12,15H,13-14H2,1-2H3/b19-12+. The van der Waals surface area contributed by atoms with Crippen LogP contribution in [0, 0.1) is 5.92 Å². The van der Waals surface area contributed by atoms with Crippen LogP contribution in [-0.4, -0.2) is 21.7 Å². The average Bonchev–Trinajstić information content (AvgIpc) is 2.89. The van der Waals surface area contributed by atoms with Gasteiger partial charge >= 0.3 is 0 Å². The Kier molecular flexibility index (Phi) is 6.12. The second-order valence-electron chi connectivity index (χ2n) is 6.53. The molecule has 0 N–H and O–H groups in total. The average molecular weight is 384 g/mol. The second kappa shape index (κ2) is 8.52. The number of hydrogen-bond donors (Lipinski definition) is 0. The molecule has 0 unspecified atom stereocenters. The van der Waals surface area contributed by atoms with E-state index in [2.05, 4.69) is 13.8 Å². The Bertz CT molecular complexity index is 814. The van der Waals surface area contributed by atoms with Gasteiger partial charge < -0.3 is 4.74 Å². The molecule has 0 aromatic heterocycles. The van der Waals surface area contributed by atoms with Gasteiger partial charge in [0.25, 0.3) is 5.91 Å². The van der Waals surface area contributed by atoms with Crippen LogP contribution in [0.2, 0.25) is 0 Å². The predicted molar refractivity (Wildman–Crippen MR) is 112 cm³/mol. The molecule has 0 aliphatic carbocycles. The summed E-state index contributed by atoms with van der Waals surface area (Å²) in [6, 6.07) is 17.7. The molecule has 26 heavy (non-hydrogen) atoms. The van der Waals surface area contributed by atoms with Gasteiger partial charge in [-0.25, -0.2) is 0 Å². The third-order valence-electron chi connectivity index (χ3n) is 3.82. The van der Waals surface area contributed by atoms with Crippen LogP contribution in [0.15, 0.2) is 59.5 Å². The van der Waals surface area contributed by atoms with Crippen molar-refractivity contribution >= 4 is 40.3 Å². The first kappa shape index (κ1) is 18.7. The zero-order valence-electron chi connectivity index (χ0n) is 14.8. The zero-order valence-corrected chi connectivity index (χ0v) is 16.5. The molecule has 3 nitrogen and oxygen atoms in total. The molecule has 3 rings (SSSR count). The first-order valence-electron chi connectivity index (χ1n) is 8.55. The second-order valence-corrected chi connectivity index (χ2v) is 8.20. The summed E-state index contributed by atoms with van der Waals surface area (Å²) in [5.74, 6) is 1.29. The van der Waals surface area contributed by atoms with E-state index >= 15 is 0 Å². The lowest BCUT2D eigenvalue weighted by Gasteiger charge is -2.14. The number of carbonyl (C=O) groups excluding carboxylic acids is 1. The highest BCUT2D eigenvalue weighted by Crippen LogP contribution is 2.33. The maximum Gasteiger partial charge on any atom is 0.266 e. The van der Waals surface area contributed by atoms with E-state index in [0.29, 0.717) is 28.3 Å². The summed E-state index contributed by atoms with van der Waals surface area (Å²) in [5, 5.41) is 0.